The summed E-state index contributed by atoms with van der Waals surface area (Å²) in [6, 6.07) is 5.60. The van der Waals surface area contributed by atoms with E-state index in [-0.39, 0.29) is 24.3 Å². The van der Waals surface area contributed by atoms with Gasteiger partial charge in [0.25, 0.3) is 5.69 Å². The third-order valence-electron chi connectivity index (χ3n) is 2.72. The van der Waals surface area contributed by atoms with Crippen molar-refractivity contribution in [3.05, 3.63) is 34.4 Å². The Morgan fingerprint density at radius 2 is 2.14 bits per heavy atom. The van der Waals surface area contributed by atoms with E-state index in [1.54, 1.807) is 12.1 Å². The van der Waals surface area contributed by atoms with Crippen LogP contribution in [0.15, 0.2) is 24.3 Å². The van der Waals surface area contributed by atoms with Crippen molar-refractivity contribution in [2.45, 2.75) is 32.4 Å². The Kier molecular flexibility index (Phi) is 6.61. The van der Waals surface area contributed by atoms with Gasteiger partial charge < -0.3 is 14.8 Å². The van der Waals surface area contributed by atoms with Gasteiger partial charge in [-0.1, -0.05) is 19.9 Å². The summed E-state index contributed by atoms with van der Waals surface area (Å²) >= 11 is 0. The molecule has 0 heterocycles. The molecule has 7 nitrogen and oxygen atoms in total. The number of non-ortho nitro benzene ring substituents is 1. The van der Waals surface area contributed by atoms with Crippen molar-refractivity contribution >= 4 is 11.7 Å². The molecule has 116 valence electrons. The molecule has 0 aliphatic rings. The summed E-state index contributed by atoms with van der Waals surface area (Å²) in [6.07, 6.45) is 0.410. The van der Waals surface area contributed by atoms with Crippen molar-refractivity contribution in [1.82, 2.24) is 5.32 Å². The quantitative estimate of drug-likeness (QED) is 0.447. The van der Waals surface area contributed by atoms with Crippen LogP contribution >= 0.6 is 0 Å². The minimum absolute atomic E-state index is 0.0303. The Balaban J connectivity index is 2.55. The van der Waals surface area contributed by atoms with E-state index in [2.05, 4.69) is 5.32 Å². The van der Waals surface area contributed by atoms with E-state index in [1.807, 2.05) is 13.8 Å². The first-order chi connectivity index (χ1) is 9.93. The summed E-state index contributed by atoms with van der Waals surface area (Å²) in [6.45, 7) is 4.11. The van der Waals surface area contributed by atoms with Gasteiger partial charge in [0.2, 0.25) is 0 Å². The van der Waals surface area contributed by atoms with E-state index in [0.29, 0.717) is 12.2 Å². The average molecular weight is 296 g/mol. The molecule has 1 unspecified atom stereocenters. The Labute approximate surface area is 123 Å². The predicted octanol–water partition coefficient (Wildman–Crippen LogP) is 1.90. The van der Waals surface area contributed by atoms with Crippen LogP contribution in [0.2, 0.25) is 0 Å². The zero-order valence-corrected chi connectivity index (χ0v) is 12.4. The third-order valence-corrected chi connectivity index (χ3v) is 2.72. The smallest absolute Gasteiger partial charge is 0.322 e. The highest BCUT2D eigenvalue weighted by molar-refractivity contribution is 5.75. The molecule has 0 aromatic heterocycles. The zero-order valence-electron chi connectivity index (χ0n) is 12.4. The second kappa shape index (κ2) is 8.21. The highest BCUT2D eigenvalue weighted by Gasteiger charge is 2.19. The van der Waals surface area contributed by atoms with Gasteiger partial charge in [-0.3, -0.25) is 14.9 Å². The van der Waals surface area contributed by atoms with Crippen LogP contribution < -0.4 is 10.1 Å². The number of rotatable bonds is 8. The summed E-state index contributed by atoms with van der Waals surface area (Å²) in [5.41, 5.74) is -0.0303. The third kappa shape index (κ3) is 5.78. The number of nitrogens with zero attached hydrogens (tertiary/aromatic N) is 1. The first kappa shape index (κ1) is 16.9. The molecule has 0 spiro atoms. The lowest BCUT2D eigenvalue weighted by Gasteiger charge is -2.19. The van der Waals surface area contributed by atoms with Crippen LogP contribution in [0.3, 0.4) is 0 Å². The van der Waals surface area contributed by atoms with E-state index in [1.165, 1.54) is 19.2 Å². The molecule has 1 rings (SSSR count). The molecule has 0 bridgehead atoms. The zero-order chi connectivity index (χ0) is 15.8. The number of nitro groups is 1. The standard InChI is InChI=1S/C14H20N2O5/c1-10(2)15-13(14(17)20-3)7-8-21-12-6-4-5-11(9-12)16(18)19/h4-6,9-10,13,15H,7-8H2,1-3H3. The molecule has 0 radical (unpaired) electrons. The lowest BCUT2D eigenvalue weighted by Crippen LogP contribution is -2.42. The molecule has 1 N–H and O–H groups in total. The maximum Gasteiger partial charge on any atom is 0.322 e. The van der Waals surface area contributed by atoms with Gasteiger partial charge in [-0.2, -0.15) is 0 Å². The molecule has 0 aliphatic carbocycles. The van der Waals surface area contributed by atoms with Crippen LogP contribution in [0.25, 0.3) is 0 Å². The maximum atomic E-state index is 11.6. The molecule has 21 heavy (non-hydrogen) atoms. The molecule has 0 saturated carbocycles. The average Bonchev–Trinajstić information content (AvgIpc) is 2.45. The van der Waals surface area contributed by atoms with E-state index < -0.39 is 11.0 Å². The highest BCUT2D eigenvalue weighted by atomic mass is 16.6. The molecule has 1 aromatic rings. The summed E-state index contributed by atoms with van der Waals surface area (Å²) < 4.78 is 10.2. The number of carbonyl (C=O) groups excluding carboxylic acids is 1. The molecule has 0 aliphatic heterocycles. The topological polar surface area (TPSA) is 90.7 Å². The molecule has 1 aromatic carbocycles. The highest BCUT2D eigenvalue weighted by Crippen LogP contribution is 2.19. The Morgan fingerprint density at radius 1 is 1.43 bits per heavy atom. The van der Waals surface area contributed by atoms with Crippen molar-refractivity contribution in [3.8, 4) is 5.75 Å². The number of carbonyl (C=O) groups is 1. The van der Waals surface area contributed by atoms with Crippen molar-refractivity contribution in [1.29, 1.82) is 0 Å². The second-order valence-electron chi connectivity index (χ2n) is 4.79. The SMILES string of the molecule is COC(=O)C(CCOc1cccc([N+](=O)[O-])c1)NC(C)C. The van der Waals surface area contributed by atoms with Gasteiger partial charge in [-0.15, -0.1) is 0 Å². The first-order valence-electron chi connectivity index (χ1n) is 6.65. The van der Waals surface area contributed by atoms with Gasteiger partial charge in [0.1, 0.15) is 11.8 Å². The fourth-order valence-electron chi connectivity index (χ4n) is 1.80. The number of ether oxygens (including phenoxy) is 2. The fourth-order valence-corrected chi connectivity index (χ4v) is 1.80. The van der Waals surface area contributed by atoms with Gasteiger partial charge >= 0.3 is 5.97 Å². The van der Waals surface area contributed by atoms with Gasteiger partial charge in [-0.25, -0.2) is 0 Å². The Hall–Kier alpha value is -2.15. The number of hydrogen-bond donors (Lipinski definition) is 1. The molecule has 0 amide bonds. The van der Waals surface area contributed by atoms with Crippen LogP contribution in [0.5, 0.6) is 5.75 Å². The van der Waals surface area contributed by atoms with Crippen molar-refractivity contribution in [2.24, 2.45) is 0 Å². The largest absolute Gasteiger partial charge is 0.493 e. The Morgan fingerprint density at radius 3 is 2.71 bits per heavy atom. The van der Waals surface area contributed by atoms with E-state index in [9.17, 15) is 14.9 Å². The van der Waals surface area contributed by atoms with Crippen LogP contribution in [0, 0.1) is 10.1 Å². The molecule has 7 heteroatoms. The number of esters is 1. The first-order valence-corrected chi connectivity index (χ1v) is 6.65. The summed E-state index contributed by atoms with van der Waals surface area (Å²) in [5.74, 6) is 0.0451. The normalized spacial score (nSPS) is 12.0. The number of benzene rings is 1. The lowest BCUT2D eigenvalue weighted by atomic mass is 10.2. The molecule has 1 atom stereocenters. The fraction of sp³-hybridized carbons (Fsp3) is 0.500. The van der Waals surface area contributed by atoms with E-state index in [0.717, 1.165) is 0 Å². The number of nitro benzene ring substituents is 1. The van der Waals surface area contributed by atoms with Crippen molar-refractivity contribution < 1.29 is 19.2 Å². The van der Waals surface area contributed by atoms with E-state index in [4.69, 9.17) is 9.47 Å². The van der Waals surface area contributed by atoms with E-state index >= 15 is 0 Å². The number of nitrogens with one attached hydrogen (secondary N) is 1. The number of methoxy groups -OCH3 is 1. The van der Waals surface area contributed by atoms with Gasteiger partial charge in [-0.05, 0) is 6.07 Å². The predicted molar refractivity (Wildman–Crippen MR) is 77.3 cm³/mol. The van der Waals surface area contributed by atoms with Crippen molar-refractivity contribution in [2.75, 3.05) is 13.7 Å². The van der Waals surface area contributed by atoms with Crippen LogP contribution in [0.4, 0.5) is 5.69 Å². The van der Waals surface area contributed by atoms with Crippen LogP contribution in [-0.4, -0.2) is 36.7 Å². The lowest BCUT2D eigenvalue weighted by molar-refractivity contribution is -0.384. The Bertz CT molecular complexity index is 490. The summed E-state index contributed by atoms with van der Waals surface area (Å²) in [4.78, 5) is 21.8. The summed E-state index contributed by atoms with van der Waals surface area (Å²) in [7, 11) is 1.33. The molecular weight excluding hydrogens is 276 g/mol. The number of hydrogen-bond acceptors (Lipinski definition) is 6. The minimum atomic E-state index is -0.482. The maximum absolute atomic E-state index is 11.6. The van der Waals surface area contributed by atoms with Gasteiger partial charge in [0, 0.05) is 18.5 Å². The monoisotopic (exact) mass is 296 g/mol. The molecule has 0 fully saturated rings. The van der Waals surface area contributed by atoms with Crippen LogP contribution in [0.1, 0.15) is 20.3 Å². The molecular formula is C14H20N2O5. The van der Waals surface area contributed by atoms with Gasteiger partial charge in [0.15, 0.2) is 0 Å². The van der Waals surface area contributed by atoms with Crippen molar-refractivity contribution in [3.63, 3.8) is 0 Å². The van der Waals surface area contributed by atoms with Crippen LogP contribution in [-0.2, 0) is 9.53 Å². The summed E-state index contributed by atoms with van der Waals surface area (Å²) in [5, 5.41) is 13.7. The second-order valence-corrected chi connectivity index (χ2v) is 4.79. The minimum Gasteiger partial charge on any atom is -0.493 e. The van der Waals surface area contributed by atoms with Gasteiger partial charge in [0.05, 0.1) is 24.7 Å². The molecule has 0 saturated heterocycles.